The molecule has 4 nitrogen and oxygen atoms in total. The molecule has 0 aliphatic rings. The predicted octanol–water partition coefficient (Wildman–Crippen LogP) is 3.11. The summed E-state index contributed by atoms with van der Waals surface area (Å²) >= 11 is 3.52. The van der Waals surface area contributed by atoms with Crippen LogP contribution < -0.4 is 5.32 Å². The van der Waals surface area contributed by atoms with Gasteiger partial charge < -0.3 is 10.1 Å². The van der Waals surface area contributed by atoms with Crippen LogP contribution in [-0.4, -0.2) is 24.1 Å². The molecule has 1 atom stereocenters. The van der Waals surface area contributed by atoms with E-state index in [4.69, 9.17) is 4.74 Å². The largest absolute Gasteiger partial charge is 0.374 e. The number of nitrogens with one attached hydrogen (secondary N) is 1. The van der Waals surface area contributed by atoms with Gasteiger partial charge in [-0.05, 0) is 28.8 Å². The van der Waals surface area contributed by atoms with Gasteiger partial charge in [0.25, 0.3) is 0 Å². The fourth-order valence-electron chi connectivity index (χ4n) is 1.32. The lowest BCUT2D eigenvalue weighted by atomic mass is 10.1. The predicted molar refractivity (Wildman–Crippen MR) is 68.8 cm³/mol. The van der Waals surface area contributed by atoms with Crippen molar-refractivity contribution in [3.05, 3.63) is 16.0 Å². The topological polar surface area (TPSA) is 47.0 Å². The molecule has 1 heterocycles. The normalized spacial score (nSPS) is 12.9. The van der Waals surface area contributed by atoms with Gasteiger partial charge >= 0.3 is 0 Å². The summed E-state index contributed by atoms with van der Waals surface area (Å²) in [4.78, 5) is 8.94. The number of ether oxygens (including phenoxy) is 1. The first-order valence-corrected chi connectivity index (χ1v) is 6.08. The highest BCUT2D eigenvalue weighted by molar-refractivity contribution is 9.10. The molecule has 1 rings (SSSR count). The first-order valence-electron chi connectivity index (χ1n) is 5.29. The van der Waals surface area contributed by atoms with Gasteiger partial charge in [-0.15, -0.1) is 0 Å². The number of halogens is 1. The molecule has 0 amide bonds. The van der Waals surface area contributed by atoms with Crippen LogP contribution in [0.3, 0.4) is 0 Å². The Morgan fingerprint density at radius 1 is 1.25 bits per heavy atom. The molecule has 1 aromatic rings. The molecule has 90 valence electrons. The van der Waals surface area contributed by atoms with E-state index in [1.807, 2.05) is 14.0 Å². The van der Waals surface area contributed by atoms with Gasteiger partial charge in [-0.1, -0.05) is 13.8 Å². The average Bonchev–Trinajstić information content (AvgIpc) is 2.27. The highest BCUT2D eigenvalue weighted by atomic mass is 79.9. The maximum atomic E-state index is 5.24. The molecular weight excluding hydrogens is 270 g/mol. The van der Waals surface area contributed by atoms with Gasteiger partial charge in [0.05, 0.1) is 10.2 Å². The van der Waals surface area contributed by atoms with Gasteiger partial charge in [-0.2, -0.15) is 0 Å². The molecule has 16 heavy (non-hydrogen) atoms. The molecule has 0 aliphatic carbocycles. The average molecular weight is 288 g/mol. The highest BCUT2D eigenvalue weighted by Gasteiger charge is 2.17. The molecule has 1 aromatic heterocycles. The monoisotopic (exact) mass is 287 g/mol. The summed E-state index contributed by atoms with van der Waals surface area (Å²) in [6, 6.07) is 0. The summed E-state index contributed by atoms with van der Waals surface area (Å²) in [5.41, 5.74) is 0.998. The van der Waals surface area contributed by atoms with Gasteiger partial charge in [0.15, 0.2) is 5.82 Å². The fraction of sp³-hybridized carbons (Fsp3) is 0.636. The summed E-state index contributed by atoms with van der Waals surface area (Å²) in [5, 5.41) is 3.06. The van der Waals surface area contributed by atoms with E-state index in [0.29, 0.717) is 11.7 Å². The Balaban J connectivity index is 3.28. The number of hydrogen-bond acceptors (Lipinski definition) is 4. The molecule has 0 aliphatic heterocycles. The zero-order valence-corrected chi connectivity index (χ0v) is 11.9. The second-order valence-electron chi connectivity index (χ2n) is 3.91. The van der Waals surface area contributed by atoms with Crippen molar-refractivity contribution in [3.63, 3.8) is 0 Å². The van der Waals surface area contributed by atoms with E-state index in [9.17, 15) is 0 Å². The van der Waals surface area contributed by atoms with Gasteiger partial charge in [0, 0.05) is 14.2 Å². The Labute approximate surface area is 105 Å². The van der Waals surface area contributed by atoms with Crippen LogP contribution in [-0.2, 0) is 4.74 Å². The van der Waals surface area contributed by atoms with Crippen LogP contribution in [0.25, 0.3) is 0 Å². The summed E-state index contributed by atoms with van der Waals surface area (Å²) < 4.78 is 6.17. The molecule has 1 N–H and O–H groups in total. The number of aromatic nitrogens is 2. The molecule has 0 saturated carbocycles. The molecule has 0 fully saturated rings. The Hall–Kier alpha value is -0.680. The molecule has 0 saturated heterocycles. The maximum Gasteiger partial charge on any atom is 0.159 e. The Bertz CT molecular complexity index is 368. The first kappa shape index (κ1) is 13.4. The van der Waals surface area contributed by atoms with Crippen molar-refractivity contribution < 1.29 is 4.74 Å². The number of rotatable bonds is 4. The third-order valence-corrected chi connectivity index (χ3v) is 3.18. The van der Waals surface area contributed by atoms with E-state index in [1.54, 1.807) is 7.11 Å². The van der Waals surface area contributed by atoms with Gasteiger partial charge in [0.2, 0.25) is 0 Å². The van der Waals surface area contributed by atoms with E-state index < -0.39 is 0 Å². The van der Waals surface area contributed by atoms with Gasteiger partial charge in [0.1, 0.15) is 11.9 Å². The molecule has 0 radical (unpaired) electrons. The van der Waals surface area contributed by atoms with E-state index in [-0.39, 0.29) is 6.10 Å². The van der Waals surface area contributed by atoms with Crippen LogP contribution in [0.5, 0.6) is 0 Å². The fourth-order valence-corrected chi connectivity index (χ4v) is 2.15. The first-order chi connectivity index (χ1) is 7.51. The number of methoxy groups -OCH3 is 1. The van der Waals surface area contributed by atoms with E-state index in [1.165, 1.54) is 0 Å². The molecule has 0 spiro atoms. The second kappa shape index (κ2) is 5.59. The van der Waals surface area contributed by atoms with Crippen LogP contribution in [0.15, 0.2) is 4.47 Å². The zero-order chi connectivity index (χ0) is 12.3. The van der Waals surface area contributed by atoms with Crippen LogP contribution in [0.1, 0.15) is 44.3 Å². The summed E-state index contributed by atoms with van der Waals surface area (Å²) in [5.74, 6) is 1.85. The van der Waals surface area contributed by atoms with E-state index in [0.717, 1.165) is 16.0 Å². The lowest BCUT2D eigenvalue weighted by Gasteiger charge is -2.15. The van der Waals surface area contributed by atoms with Gasteiger partial charge in [-0.3, -0.25) is 0 Å². The quantitative estimate of drug-likeness (QED) is 0.924. The van der Waals surface area contributed by atoms with Crippen molar-refractivity contribution in [2.45, 2.75) is 32.8 Å². The van der Waals surface area contributed by atoms with Crippen LogP contribution in [0, 0.1) is 0 Å². The summed E-state index contributed by atoms with van der Waals surface area (Å²) in [6.45, 7) is 6.15. The lowest BCUT2D eigenvalue weighted by molar-refractivity contribution is 0.112. The van der Waals surface area contributed by atoms with Crippen molar-refractivity contribution in [1.29, 1.82) is 0 Å². The summed E-state index contributed by atoms with van der Waals surface area (Å²) in [7, 11) is 3.50. The smallest absolute Gasteiger partial charge is 0.159 e. The zero-order valence-electron chi connectivity index (χ0n) is 10.3. The number of hydrogen-bond donors (Lipinski definition) is 1. The molecule has 0 aromatic carbocycles. The number of nitrogens with zero attached hydrogens (tertiary/aromatic N) is 2. The molecule has 1 unspecified atom stereocenters. The van der Waals surface area contributed by atoms with Crippen LogP contribution in [0.2, 0.25) is 0 Å². The Morgan fingerprint density at radius 2 is 1.88 bits per heavy atom. The minimum atomic E-state index is -0.0994. The Morgan fingerprint density at radius 3 is 2.31 bits per heavy atom. The SMILES string of the molecule is CNc1nc(C(C)OC)nc(C(C)C)c1Br. The minimum absolute atomic E-state index is 0.0994. The third-order valence-electron chi connectivity index (χ3n) is 2.39. The maximum absolute atomic E-state index is 5.24. The van der Waals surface area contributed by atoms with Crippen molar-refractivity contribution in [2.75, 3.05) is 19.5 Å². The standard InChI is InChI=1S/C11H18BrN3O/c1-6(2)9-8(12)11(13-4)15-10(14-9)7(3)16-5/h6-7H,1-5H3,(H,13,14,15). The third kappa shape index (κ3) is 2.71. The van der Waals surface area contributed by atoms with E-state index >= 15 is 0 Å². The van der Waals surface area contributed by atoms with Crippen LogP contribution in [0.4, 0.5) is 5.82 Å². The number of anilines is 1. The van der Waals surface area contributed by atoms with Crippen molar-refractivity contribution in [1.82, 2.24) is 9.97 Å². The van der Waals surface area contributed by atoms with Gasteiger partial charge in [-0.25, -0.2) is 9.97 Å². The van der Waals surface area contributed by atoms with Crippen molar-refractivity contribution >= 4 is 21.7 Å². The summed E-state index contributed by atoms with van der Waals surface area (Å²) in [6.07, 6.45) is -0.0994. The Kier molecular flexibility index (Phi) is 4.68. The van der Waals surface area contributed by atoms with Crippen molar-refractivity contribution in [2.24, 2.45) is 0 Å². The lowest BCUT2D eigenvalue weighted by Crippen LogP contribution is -2.10. The molecular formula is C11H18BrN3O. The highest BCUT2D eigenvalue weighted by Crippen LogP contribution is 2.30. The molecule has 0 bridgehead atoms. The van der Waals surface area contributed by atoms with E-state index in [2.05, 4.69) is 45.1 Å². The molecule has 5 heteroatoms. The second-order valence-corrected chi connectivity index (χ2v) is 4.71. The van der Waals surface area contributed by atoms with Crippen molar-refractivity contribution in [3.8, 4) is 0 Å². The minimum Gasteiger partial charge on any atom is -0.374 e. The van der Waals surface area contributed by atoms with Crippen LogP contribution >= 0.6 is 15.9 Å².